The summed E-state index contributed by atoms with van der Waals surface area (Å²) in [6.07, 6.45) is -4.75. The first-order chi connectivity index (χ1) is 17.0. The van der Waals surface area contributed by atoms with Gasteiger partial charge in [-0.3, -0.25) is 19.8 Å². The largest absolute Gasteiger partial charge is 0.493 e. The number of methoxy groups -OCH3 is 1. The Morgan fingerprint density at radius 3 is 2.44 bits per heavy atom. The molecule has 7 nitrogen and oxygen atoms in total. The first-order valence-corrected chi connectivity index (χ1v) is 12.6. The Bertz CT molecular complexity index is 1340. The predicted molar refractivity (Wildman–Crippen MR) is 138 cm³/mol. The second kappa shape index (κ2) is 10.3. The minimum absolute atomic E-state index is 0.0945. The molecule has 0 N–H and O–H groups in total. The minimum Gasteiger partial charge on any atom is -0.493 e. The zero-order valence-corrected chi connectivity index (χ0v) is 21.9. The molecule has 13 heteroatoms. The number of nitro benzene ring substituents is 1. The fourth-order valence-electron chi connectivity index (χ4n) is 3.57. The monoisotopic (exact) mass is 650 g/mol. The van der Waals surface area contributed by atoms with Gasteiger partial charge in [-0.2, -0.15) is 13.2 Å². The van der Waals surface area contributed by atoms with Gasteiger partial charge in [-0.25, -0.2) is 0 Å². The molecule has 188 valence electrons. The molecule has 1 atom stereocenters. The van der Waals surface area contributed by atoms with Crippen LogP contribution in [0.3, 0.4) is 0 Å². The third-order valence-electron chi connectivity index (χ3n) is 5.20. The Hall–Kier alpha value is -2.71. The predicted octanol–water partition coefficient (Wildman–Crippen LogP) is 7.45. The van der Waals surface area contributed by atoms with Gasteiger partial charge < -0.3 is 9.47 Å². The van der Waals surface area contributed by atoms with Crippen LogP contribution in [0.2, 0.25) is 5.02 Å². The summed E-state index contributed by atoms with van der Waals surface area (Å²) in [6.45, 7) is 0. The van der Waals surface area contributed by atoms with Gasteiger partial charge in [0.15, 0.2) is 11.5 Å². The zero-order chi connectivity index (χ0) is 26.2. The average molecular weight is 651 g/mol. The van der Waals surface area contributed by atoms with Crippen LogP contribution in [0, 0.1) is 13.7 Å². The summed E-state index contributed by atoms with van der Waals surface area (Å²) in [5.41, 5.74) is -0.633. The molecular weight excluding hydrogens is 636 g/mol. The number of nitrogens with zero attached hydrogens (tertiary/aromatic N) is 2. The first-order valence-electron chi connectivity index (χ1n) is 10.1. The fourth-order valence-corrected chi connectivity index (χ4v) is 5.58. The molecule has 1 heterocycles. The van der Waals surface area contributed by atoms with Gasteiger partial charge in [0.05, 0.1) is 26.9 Å². The summed E-state index contributed by atoms with van der Waals surface area (Å²) >= 11 is 9.33. The molecule has 1 aliphatic rings. The maximum absolute atomic E-state index is 13.0. The number of carbonyl (C=O) groups is 1. The van der Waals surface area contributed by atoms with Crippen LogP contribution in [0.1, 0.15) is 16.5 Å². The van der Waals surface area contributed by atoms with Crippen molar-refractivity contribution in [1.29, 1.82) is 0 Å². The molecule has 0 aliphatic carbocycles. The molecule has 1 aliphatic heterocycles. The van der Waals surface area contributed by atoms with Gasteiger partial charge in [0.25, 0.3) is 0 Å². The molecule has 36 heavy (non-hydrogen) atoms. The van der Waals surface area contributed by atoms with Crippen molar-refractivity contribution in [2.75, 3.05) is 17.8 Å². The number of hydrogen-bond donors (Lipinski definition) is 0. The molecule has 0 bridgehead atoms. The average Bonchev–Trinajstić information content (AvgIpc) is 3.21. The van der Waals surface area contributed by atoms with Gasteiger partial charge in [0, 0.05) is 16.8 Å². The molecule has 0 aromatic heterocycles. The summed E-state index contributed by atoms with van der Waals surface area (Å²) in [4.78, 5) is 24.8. The van der Waals surface area contributed by atoms with E-state index in [9.17, 15) is 28.1 Å². The van der Waals surface area contributed by atoms with Crippen molar-refractivity contribution in [2.45, 2.75) is 11.6 Å². The van der Waals surface area contributed by atoms with E-state index >= 15 is 0 Å². The number of carbonyl (C=O) groups excluding carboxylic acids is 1. The molecule has 1 fully saturated rings. The quantitative estimate of drug-likeness (QED) is 0.157. The molecule has 0 radical (unpaired) electrons. The van der Waals surface area contributed by atoms with Crippen molar-refractivity contribution in [3.8, 4) is 17.2 Å². The van der Waals surface area contributed by atoms with E-state index in [0.717, 1.165) is 6.07 Å². The van der Waals surface area contributed by atoms with Gasteiger partial charge in [-0.15, -0.1) is 11.8 Å². The van der Waals surface area contributed by atoms with Crippen LogP contribution in [0.5, 0.6) is 17.2 Å². The van der Waals surface area contributed by atoms with E-state index in [1.165, 1.54) is 18.9 Å². The summed E-state index contributed by atoms with van der Waals surface area (Å²) in [5.74, 6) is 0.0775. The Morgan fingerprint density at radius 1 is 1.14 bits per heavy atom. The van der Waals surface area contributed by atoms with Crippen LogP contribution in [-0.2, 0) is 11.0 Å². The topological polar surface area (TPSA) is 81.9 Å². The van der Waals surface area contributed by atoms with Crippen molar-refractivity contribution in [3.05, 3.63) is 84.4 Å². The van der Waals surface area contributed by atoms with E-state index in [0.29, 0.717) is 32.0 Å². The Morgan fingerprint density at radius 2 is 1.83 bits per heavy atom. The van der Waals surface area contributed by atoms with Crippen LogP contribution >= 0.6 is 46.0 Å². The number of nitro groups is 1. The fraction of sp³-hybridized carbons (Fsp3) is 0.174. The van der Waals surface area contributed by atoms with Crippen LogP contribution in [0.4, 0.5) is 24.5 Å². The molecule has 3 aromatic carbocycles. The van der Waals surface area contributed by atoms with Crippen LogP contribution in [0.15, 0.2) is 54.6 Å². The summed E-state index contributed by atoms with van der Waals surface area (Å²) in [5, 5.41) is 11.6. The number of hydrogen-bond acceptors (Lipinski definition) is 6. The van der Waals surface area contributed by atoms with Crippen LogP contribution < -0.4 is 14.4 Å². The van der Waals surface area contributed by atoms with Crippen molar-refractivity contribution in [2.24, 2.45) is 0 Å². The number of halogens is 5. The lowest BCUT2D eigenvalue weighted by atomic mass is 10.1. The molecule has 0 unspecified atom stereocenters. The molecule has 4 rings (SSSR count). The number of anilines is 1. The number of thioether (sulfide) groups is 1. The van der Waals surface area contributed by atoms with E-state index in [1.54, 1.807) is 41.3 Å². The second-order valence-electron chi connectivity index (χ2n) is 7.48. The third kappa shape index (κ3) is 5.34. The van der Waals surface area contributed by atoms with Gasteiger partial charge >= 0.3 is 11.9 Å². The lowest BCUT2D eigenvalue weighted by Gasteiger charge is -2.25. The van der Waals surface area contributed by atoms with Crippen LogP contribution in [-0.4, -0.2) is 23.7 Å². The van der Waals surface area contributed by atoms with Gasteiger partial charge in [0.1, 0.15) is 5.37 Å². The molecule has 1 saturated heterocycles. The second-order valence-corrected chi connectivity index (χ2v) is 10.1. The molecule has 0 saturated carbocycles. The number of benzene rings is 3. The van der Waals surface area contributed by atoms with E-state index < -0.39 is 27.7 Å². The molecule has 1 amide bonds. The van der Waals surface area contributed by atoms with Crippen molar-refractivity contribution in [1.82, 2.24) is 0 Å². The SMILES string of the molecule is COc1cc([C@H]2SCC(=O)N2c2ccc(Cl)cc2)cc(I)c1Oc1ccc(C(F)(F)F)cc1[N+](=O)[O-]. The smallest absolute Gasteiger partial charge is 0.416 e. The highest BCUT2D eigenvalue weighted by Gasteiger charge is 2.36. The molecule has 3 aromatic rings. The minimum atomic E-state index is -4.75. The number of alkyl halides is 3. The first kappa shape index (κ1) is 26.4. The lowest BCUT2D eigenvalue weighted by Crippen LogP contribution is -2.27. The van der Waals surface area contributed by atoms with E-state index in [1.807, 2.05) is 22.6 Å². The summed E-state index contributed by atoms with van der Waals surface area (Å²) in [7, 11) is 1.37. The van der Waals surface area contributed by atoms with Crippen molar-refractivity contribution < 1.29 is 32.4 Å². The van der Waals surface area contributed by atoms with Gasteiger partial charge in [-0.1, -0.05) is 11.6 Å². The highest BCUT2D eigenvalue weighted by molar-refractivity contribution is 14.1. The van der Waals surface area contributed by atoms with E-state index in [2.05, 4.69) is 0 Å². The maximum Gasteiger partial charge on any atom is 0.416 e. The maximum atomic E-state index is 13.0. The third-order valence-corrected chi connectivity index (χ3v) is 7.47. The van der Waals surface area contributed by atoms with Gasteiger partial charge in [0.2, 0.25) is 11.7 Å². The highest BCUT2D eigenvalue weighted by atomic mass is 127. The standard InChI is InChI=1S/C23H15ClF3IN2O5S/c1-34-19-9-12(22-29(20(31)11-36-22)15-5-3-14(24)4-6-15)8-16(28)21(19)35-18-7-2-13(23(25,26)27)10-17(18)30(32)33/h2-10,22H,11H2,1H3/t22-/m1/s1. The normalized spacial score (nSPS) is 15.8. The van der Waals surface area contributed by atoms with Crippen LogP contribution in [0.25, 0.3) is 0 Å². The van der Waals surface area contributed by atoms with E-state index in [-0.39, 0.29) is 28.9 Å². The molecular formula is C23H15ClF3IN2O5S. The summed E-state index contributed by atoms with van der Waals surface area (Å²) < 4.78 is 50.8. The Balaban J connectivity index is 1.71. The molecule has 0 spiro atoms. The van der Waals surface area contributed by atoms with Crippen molar-refractivity contribution >= 4 is 63.2 Å². The zero-order valence-electron chi connectivity index (χ0n) is 18.2. The Kier molecular flexibility index (Phi) is 7.57. The Labute approximate surface area is 225 Å². The van der Waals surface area contributed by atoms with Crippen molar-refractivity contribution in [3.63, 3.8) is 0 Å². The number of amides is 1. The lowest BCUT2D eigenvalue weighted by molar-refractivity contribution is -0.385. The summed E-state index contributed by atoms with van der Waals surface area (Å²) in [6, 6.07) is 12.2. The van der Waals surface area contributed by atoms with E-state index in [4.69, 9.17) is 21.1 Å². The highest BCUT2D eigenvalue weighted by Crippen LogP contribution is 2.47. The number of ether oxygens (including phenoxy) is 2. The van der Waals surface area contributed by atoms with Gasteiger partial charge in [-0.05, 0) is 76.7 Å². The number of rotatable bonds is 6.